The van der Waals surface area contributed by atoms with Gasteiger partial charge >= 0.3 is 5.97 Å². The third kappa shape index (κ3) is 2.08. The molecule has 0 radical (unpaired) electrons. The largest absolute Gasteiger partial charge is 0.462 e. The van der Waals surface area contributed by atoms with Crippen molar-refractivity contribution in [2.75, 3.05) is 6.61 Å². The zero-order valence-electron chi connectivity index (χ0n) is 11.2. The van der Waals surface area contributed by atoms with Crippen molar-refractivity contribution in [3.63, 3.8) is 0 Å². The topological polar surface area (TPSA) is 56.5 Å². The molecule has 0 bridgehead atoms. The van der Waals surface area contributed by atoms with Crippen LogP contribution in [-0.2, 0) is 4.74 Å². The number of nitrogens with zero attached hydrogens (tertiary/aromatic N) is 3. The number of thiazole rings is 1. The van der Waals surface area contributed by atoms with Crippen LogP contribution in [0.4, 0.5) is 0 Å². The molecule has 0 saturated heterocycles. The molecule has 0 spiro atoms. The average molecular weight is 287 g/mol. The van der Waals surface area contributed by atoms with E-state index >= 15 is 0 Å². The summed E-state index contributed by atoms with van der Waals surface area (Å²) in [4.78, 5) is 21.8. The first-order valence-corrected chi connectivity index (χ1v) is 7.08. The molecule has 3 heterocycles. The van der Waals surface area contributed by atoms with Crippen molar-refractivity contribution in [3.05, 3.63) is 41.3 Å². The second kappa shape index (κ2) is 5.05. The van der Waals surface area contributed by atoms with E-state index in [1.54, 1.807) is 19.3 Å². The third-order valence-corrected chi connectivity index (χ3v) is 4.13. The van der Waals surface area contributed by atoms with Gasteiger partial charge in [0.2, 0.25) is 0 Å². The van der Waals surface area contributed by atoms with E-state index in [0.717, 1.165) is 21.9 Å². The van der Waals surface area contributed by atoms with Gasteiger partial charge in [-0.05, 0) is 26.0 Å². The number of hydrogen-bond donors (Lipinski definition) is 0. The predicted octanol–water partition coefficient (Wildman–Crippen LogP) is 2.94. The van der Waals surface area contributed by atoms with E-state index in [-0.39, 0.29) is 5.97 Å². The van der Waals surface area contributed by atoms with E-state index in [1.165, 1.54) is 11.3 Å². The number of imidazole rings is 1. The molecular weight excluding hydrogens is 274 g/mol. The van der Waals surface area contributed by atoms with Crippen molar-refractivity contribution in [2.24, 2.45) is 0 Å². The second-order valence-electron chi connectivity index (χ2n) is 4.25. The molecule has 20 heavy (non-hydrogen) atoms. The molecule has 3 rings (SSSR count). The van der Waals surface area contributed by atoms with Crippen molar-refractivity contribution in [1.82, 2.24) is 14.4 Å². The maximum absolute atomic E-state index is 11.8. The summed E-state index contributed by atoms with van der Waals surface area (Å²) < 4.78 is 6.97. The Morgan fingerprint density at radius 3 is 2.80 bits per heavy atom. The fourth-order valence-corrected chi connectivity index (χ4v) is 3.00. The Kier molecular flexibility index (Phi) is 3.23. The predicted molar refractivity (Wildman–Crippen MR) is 77.0 cm³/mol. The maximum atomic E-state index is 11.8. The normalized spacial score (nSPS) is 10.9. The summed E-state index contributed by atoms with van der Waals surface area (Å²) in [5, 5.41) is 0. The molecule has 102 valence electrons. The van der Waals surface area contributed by atoms with Crippen LogP contribution < -0.4 is 0 Å². The van der Waals surface area contributed by atoms with E-state index in [1.807, 2.05) is 29.7 Å². The van der Waals surface area contributed by atoms with Crippen molar-refractivity contribution in [2.45, 2.75) is 13.8 Å². The van der Waals surface area contributed by atoms with Gasteiger partial charge in [-0.3, -0.25) is 9.38 Å². The number of fused-ring (bicyclic) bond motifs is 1. The van der Waals surface area contributed by atoms with Crippen LogP contribution in [0.3, 0.4) is 0 Å². The lowest BCUT2D eigenvalue weighted by molar-refractivity contribution is 0.0531. The highest BCUT2D eigenvalue weighted by molar-refractivity contribution is 7.19. The first-order chi connectivity index (χ1) is 9.70. The number of carbonyl (C=O) groups excluding carboxylic acids is 1. The minimum absolute atomic E-state index is 0.286. The quantitative estimate of drug-likeness (QED) is 0.695. The van der Waals surface area contributed by atoms with Gasteiger partial charge in [-0.15, -0.1) is 0 Å². The zero-order chi connectivity index (χ0) is 14.1. The standard InChI is InChI=1S/C14H13N3O2S/c1-3-19-13(18)12-9(2)17-8-11(16-14(17)20-12)10-4-6-15-7-5-10/h4-8H,3H2,1-2H3. The number of pyridine rings is 1. The number of esters is 1. The number of ether oxygens (including phenoxy) is 1. The van der Waals surface area contributed by atoms with Crippen LogP contribution in [0.1, 0.15) is 22.3 Å². The van der Waals surface area contributed by atoms with Crippen LogP contribution in [0.15, 0.2) is 30.7 Å². The summed E-state index contributed by atoms with van der Waals surface area (Å²) in [5.74, 6) is -0.286. The zero-order valence-corrected chi connectivity index (χ0v) is 12.0. The Morgan fingerprint density at radius 2 is 2.15 bits per heavy atom. The van der Waals surface area contributed by atoms with Crippen LogP contribution in [0.2, 0.25) is 0 Å². The Bertz CT molecular complexity index is 761. The molecule has 3 aromatic rings. The number of rotatable bonds is 3. The summed E-state index contributed by atoms with van der Waals surface area (Å²) in [6, 6.07) is 3.82. The Balaban J connectivity index is 2.04. The first kappa shape index (κ1) is 12.8. The SMILES string of the molecule is CCOC(=O)c1sc2nc(-c3ccncc3)cn2c1C. The minimum atomic E-state index is -0.286. The van der Waals surface area contributed by atoms with Crippen molar-refractivity contribution in [3.8, 4) is 11.3 Å². The van der Waals surface area contributed by atoms with Gasteiger partial charge in [0, 0.05) is 29.8 Å². The van der Waals surface area contributed by atoms with Crippen LogP contribution in [0.25, 0.3) is 16.2 Å². The number of hydrogen-bond acceptors (Lipinski definition) is 5. The lowest BCUT2D eigenvalue weighted by Crippen LogP contribution is -2.04. The molecule has 0 fully saturated rings. The molecule has 0 N–H and O–H groups in total. The molecule has 0 aliphatic rings. The highest BCUT2D eigenvalue weighted by Crippen LogP contribution is 2.27. The lowest BCUT2D eigenvalue weighted by Gasteiger charge is -1.99. The fourth-order valence-electron chi connectivity index (χ4n) is 2.00. The summed E-state index contributed by atoms with van der Waals surface area (Å²) in [7, 11) is 0. The molecule has 0 amide bonds. The molecular formula is C14H13N3O2S. The van der Waals surface area contributed by atoms with Crippen molar-refractivity contribution >= 4 is 22.3 Å². The van der Waals surface area contributed by atoms with Crippen molar-refractivity contribution in [1.29, 1.82) is 0 Å². The van der Waals surface area contributed by atoms with Gasteiger partial charge < -0.3 is 4.74 Å². The molecule has 0 saturated carbocycles. The molecule has 5 nitrogen and oxygen atoms in total. The molecule has 3 aromatic heterocycles. The Morgan fingerprint density at radius 1 is 1.40 bits per heavy atom. The molecule has 0 aromatic carbocycles. The molecule has 0 aliphatic heterocycles. The van der Waals surface area contributed by atoms with E-state index in [9.17, 15) is 4.79 Å². The number of aryl methyl sites for hydroxylation is 1. The van der Waals surface area contributed by atoms with E-state index in [0.29, 0.717) is 11.5 Å². The molecule has 0 aliphatic carbocycles. The smallest absolute Gasteiger partial charge is 0.350 e. The van der Waals surface area contributed by atoms with Gasteiger partial charge in [0.05, 0.1) is 12.3 Å². The summed E-state index contributed by atoms with van der Waals surface area (Å²) >= 11 is 1.35. The second-order valence-corrected chi connectivity index (χ2v) is 5.23. The first-order valence-electron chi connectivity index (χ1n) is 6.26. The summed E-state index contributed by atoms with van der Waals surface area (Å²) in [6.45, 7) is 4.07. The highest BCUT2D eigenvalue weighted by atomic mass is 32.1. The van der Waals surface area contributed by atoms with Crippen LogP contribution in [0, 0.1) is 6.92 Å². The molecule has 0 unspecified atom stereocenters. The fraction of sp³-hybridized carbons (Fsp3) is 0.214. The molecule has 0 atom stereocenters. The van der Waals surface area contributed by atoms with Crippen LogP contribution in [0.5, 0.6) is 0 Å². The third-order valence-electron chi connectivity index (χ3n) is 2.99. The average Bonchev–Trinajstić information content (AvgIpc) is 3.00. The summed E-state index contributed by atoms with van der Waals surface area (Å²) in [6.07, 6.45) is 5.40. The maximum Gasteiger partial charge on any atom is 0.350 e. The summed E-state index contributed by atoms with van der Waals surface area (Å²) in [5.41, 5.74) is 2.74. The Hall–Kier alpha value is -2.21. The van der Waals surface area contributed by atoms with E-state index < -0.39 is 0 Å². The van der Waals surface area contributed by atoms with E-state index in [2.05, 4.69) is 9.97 Å². The van der Waals surface area contributed by atoms with Crippen molar-refractivity contribution < 1.29 is 9.53 Å². The number of aromatic nitrogens is 3. The van der Waals surface area contributed by atoms with Gasteiger partial charge in [0.15, 0.2) is 4.96 Å². The van der Waals surface area contributed by atoms with Crippen LogP contribution in [-0.4, -0.2) is 26.9 Å². The van der Waals surface area contributed by atoms with Gasteiger partial charge in [0.25, 0.3) is 0 Å². The highest BCUT2D eigenvalue weighted by Gasteiger charge is 2.18. The molecule has 6 heteroatoms. The van der Waals surface area contributed by atoms with Gasteiger partial charge in [-0.2, -0.15) is 0 Å². The monoisotopic (exact) mass is 287 g/mol. The van der Waals surface area contributed by atoms with Crippen LogP contribution >= 0.6 is 11.3 Å². The van der Waals surface area contributed by atoms with Gasteiger partial charge in [-0.25, -0.2) is 9.78 Å². The van der Waals surface area contributed by atoms with Gasteiger partial charge in [-0.1, -0.05) is 11.3 Å². The van der Waals surface area contributed by atoms with E-state index in [4.69, 9.17) is 4.74 Å². The number of carbonyl (C=O) groups is 1. The minimum Gasteiger partial charge on any atom is -0.462 e. The Labute approximate surface area is 119 Å². The lowest BCUT2D eigenvalue weighted by atomic mass is 10.2. The van der Waals surface area contributed by atoms with Gasteiger partial charge in [0.1, 0.15) is 4.88 Å².